The van der Waals surface area contributed by atoms with Crippen LogP contribution < -0.4 is 0 Å². The zero-order chi connectivity index (χ0) is 13.1. The molecule has 0 fully saturated rings. The summed E-state index contributed by atoms with van der Waals surface area (Å²) in [5, 5.41) is 18.9. The normalized spacial score (nSPS) is 13.7. The molecule has 1 unspecified atom stereocenters. The van der Waals surface area contributed by atoms with Gasteiger partial charge in [-0.05, 0) is 5.56 Å². The Morgan fingerprint density at radius 2 is 2.24 bits per heavy atom. The molecule has 1 rings (SSSR count). The van der Waals surface area contributed by atoms with Crippen molar-refractivity contribution in [1.29, 1.82) is 0 Å². The Morgan fingerprint density at radius 3 is 2.76 bits per heavy atom. The van der Waals surface area contributed by atoms with Crippen molar-refractivity contribution >= 4 is 21.5 Å². The van der Waals surface area contributed by atoms with Crippen LogP contribution in [0.5, 0.6) is 0 Å². The Morgan fingerprint density at radius 1 is 1.59 bits per heavy atom. The van der Waals surface area contributed by atoms with Crippen molar-refractivity contribution in [3.63, 3.8) is 0 Å². The first-order chi connectivity index (χ1) is 7.80. The summed E-state index contributed by atoms with van der Waals surface area (Å²) < 4.78 is 14.8. The molecule has 92 valence electrons. The highest BCUT2D eigenvalue weighted by Crippen LogP contribution is 2.15. The van der Waals surface area contributed by atoms with E-state index in [0.29, 0.717) is 5.56 Å². The largest absolute Gasteiger partial charge is 0.463 e. The number of amides is 1. The molecule has 1 aromatic carbocycles. The Kier molecular flexibility index (Phi) is 3.79. The van der Waals surface area contributed by atoms with Gasteiger partial charge in [-0.25, -0.2) is 9.00 Å². The molecule has 1 aromatic rings. The molecular formula is C9H10N2O5S. The second-order valence-electron chi connectivity index (χ2n) is 3.40. The lowest BCUT2D eigenvalue weighted by molar-refractivity contribution is -0.384. The van der Waals surface area contributed by atoms with Gasteiger partial charge in [-0.3, -0.25) is 10.1 Å². The molecule has 0 saturated carbocycles. The lowest BCUT2D eigenvalue weighted by Crippen LogP contribution is -2.04. The Balaban J connectivity index is 3.04. The summed E-state index contributed by atoms with van der Waals surface area (Å²) in [7, 11) is -2.92. The Hall–Kier alpha value is -1.96. The Labute approximate surface area is 97.4 Å². The average Bonchev–Trinajstić information content (AvgIpc) is 2.14. The van der Waals surface area contributed by atoms with Crippen LogP contribution in [0.2, 0.25) is 0 Å². The van der Waals surface area contributed by atoms with Gasteiger partial charge in [-0.1, -0.05) is 12.1 Å². The van der Waals surface area contributed by atoms with Gasteiger partial charge in [0.25, 0.3) is 5.69 Å². The first-order valence-electron chi connectivity index (χ1n) is 4.46. The van der Waals surface area contributed by atoms with Gasteiger partial charge >= 0.3 is 6.09 Å². The van der Waals surface area contributed by atoms with E-state index >= 15 is 0 Å². The van der Waals surface area contributed by atoms with Gasteiger partial charge in [0.1, 0.15) is 0 Å². The minimum Gasteiger partial charge on any atom is -0.463 e. The molecule has 0 aliphatic carbocycles. The van der Waals surface area contributed by atoms with E-state index in [1.54, 1.807) is 0 Å². The van der Waals surface area contributed by atoms with E-state index < -0.39 is 20.7 Å². The molecular weight excluding hydrogens is 248 g/mol. The predicted molar refractivity (Wildman–Crippen MR) is 61.3 cm³/mol. The van der Waals surface area contributed by atoms with E-state index in [1.165, 1.54) is 30.5 Å². The fourth-order valence-corrected chi connectivity index (χ4v) is 2.46. The zero-order valence-corrected chi connectivity index (χ0v) is 9.72. The van der Waals surface area contributed by atoms with Crippen LogP contribution >= 0.6 is 0 Å². The van der Waals surface area contributed by atoms with Gasteiger partial charge in [0.05, 0.1) is 20.4 Å². The number of nitro benzene ring substituents is 1. The van der Waals surface area contributed by atoms with Crippen LogP contribution in [0.4, 0.5) is 10.5 Å². The molecule has 1 N–H and O–H groups in total. The monoisotopic (exact) mass is 258 g/mol. The summed E-state index contributed by atoms with van der Waals surface area (Å²) in [5.74, 6) is -0.138. The summed E-state index contributed by atoms with van der Waals surface area (Å²) in [6.45, 7) is 0. The van der Waals surface area contributed by atoms with Crippen LogP contribution in [0.1, 0.15) is 5.56 Å². The maximum atomic E-state index is 11.7. The summed E-state index contributed by atoms with van der Waals surface area (Å²) >= 11 is 0. The molecule has 0 spiro atoms. The number of nitro groups is 1. The molecule has 8 heteroatoms. The van der Waals surface area contributed by atoms with Crippen molar-refractivity contribution in [2.75, 3.05) is 6.26 Å². The fourth-order valence-electron chi connectivity index (χ4n) is 1.27. The third-order valence-electron chi connectivity index (χ3n) is 1.83. The van der Waals surface area contributed by atoms with Crippen molar-refractivity contribution in [2.24, 2.45) is 4.36 Å². The van der Waals surface area contributed by atoms with Crippen LogP contribution in [0, 0.1) is 10.1 Å². The topological polar surface area (TPSA) is 110 Å². The van der Waals surface area contributed by atoms with Crippen LogP contribution in [-0.4, -0.2) is 26.6 Å². The third kappa shape index (κ3) is 4.19. The van der Waals surface area contributed by atoms with Gasteiger partial charge < -0.3 is 5.11 Å². The Bertz CT molecular complexity index is 575. The smallest absolute Gasteiger partial charge is 0.439 e. The molecule has 0 saturated heterocycles. The number of non-ortho nitro benzene ring substituents is 1. The van der Waals surface area contributed by atoms with E-state index in [0.717, 1.165) is 0 Å². The lowest BCUT2D eigenvalue weighted by atomic mass is 10.2. The van der Waals surface area contributed by atoms with Gasteiger partial charge in [-0.2, -0.15) is 0 Å². The molecule has 17 heavy (non-hydrogen) atoms. The summed E-state index contributed by atoms with van der Waals surface area (Å²) in [5.41, 5.74) is 0.282. The molecule has 1 atom stereocenters. The average molecular weight is 258 g/mol. The highest BCUT2D eigenvalue weighted by molar-refractivity contribution is 7.92. The van der Waals surface area contributed by atoms with Crippen molar-refractivity contribution in [1.82, 2.24) is 0 Å². The van der Waals surface area contributed by atoms with Gasteiger partial charge in [0.15, 0.2) is 0 Å². The molecule has 0 radical (unpaired) electrons. The first kappa shape index (κ1) is 13.1. The molecule has 1 amide bonds. The maximum absolute atomic E-state index is 11.7. The molecule has 0 bridgehead atoms. The molecule has 0 aliphatic heterocycles. The van der Waals surface area contributed by atoms with Crippen molar-refractivity contribution < 1.29 is 19.0 Å². The van der Waals surface area contributed by atoms with E-state index in [2.05, 4.69) is 4.36 Å². The number of hydrogen-bond acceptors (Lipinski definition) is 4. The second-order valence-corrected chi connectivity index (χ2v) is 5.79. The summed E-state index contributed by atoms with van der Waals surface area (Å²) in [4.78, 5) is 20.3. The van der Waals surface area contributed by atoms with E-state index in [1.807, 2.05) is 0 Å². The first-order valence-corrected chi connectivity index (χ1v) is 6.55. The second kappa shape index (κ2) is 4.91. The van der Waals surface area contributed by atoms with Gasteiger partial charge in [0.2, 0.25) is 0 Å². The van der Waals surface area contributed by atoms with E-state index in [-0.39, 0.29) is 11.4 Å². The van der Waals surface area contributed by atoms with Crippen LogP contribution in [0.15, 0.2) is 28.6 Å². The number of benzene rings is 1. The van der Waals surface area contributed by atoms with Crippen molar-refractivity contribution in [3.8, 4) is 0 Å². The van der Waals surface area contributed by atoms with E-state index in [4.69, 9.17) is 5.11 Å². The molecule has 0 heterocycles. The maximum Gasteiger partial charge on any atom is 0.439 e. The van der Waals surface area contributed by atoms with Crippen LogP contribution in [-0.2, 0) is 15.5 Å². The van der Waals surface area contributed by atoms with Crippen LogP contribution in [0.3, 0.4) is 0 Å². The minimum atomic E-state index is -2.92. The highest BCUT2D eigenvalue weighted by atomic mass is 32.2. The number of carbonyl (C=O) groups is 1. The molecule has 0 aliphatic rings. The quantitative estimate of drug-likeness (QED) is 0.657. The molecule has 7 nitrogen and oxygen atoms in total. The summed E-state index contributed by atoms with van der Waals surface area (Å²) in [6, 6.07) is 5.53. The number of hydrogen-bond donors (Lipinski definition) is 1. The van der Waals surface area contributed by atoms with Gasteiger partial charge in [-0.15, -0.1) is 4.36 Å². The minimum absolute atomic E-state index is 0.131. The zero-order valence-electron chi connectivity index (χ0n) is 8.90. The van der Waals surface area contributed by atoms with Crippen LogP contribution in [0.25, 0.3) is 0 Å². The van der Waals surface area contributed by atoms with Gasteiger partial charge in [0, 0.05) is 18.4 Å². The number of rotatable bonds is 3. The van der Waals surface area contributed by atoms with E-state index in [9.17, 15) is 19.1 Å². The summed E-state index contributed by atoms with van der Waals surface area (Å²) in [6.07, 6.45) is -0.317. The standard InChI is InChI=1S/C9H10N2O5S/c1-17(16,10-9(12)13)6-7-3-2-4-8(5-7)11(14)15/h2-5H,6H2,1H3,(H,12,13). The number of nitrogens with zero attached hydrogens (tertiary/aromatic N) is 2. The van der Waals surface area contributed by atoms with Crippen molar-refractivity contribution in [2.45, 2.75) is 5.75 Å². The van der Waals surface area contributed by atoms with Crippen molar-refractivity contribution in [3.05, 3.63) is 39.9 Å². The third-order valence-corrected chi connectivity index (χ3v) is 3.24. The lowest BCUT2D eigenvalue weighted by Gasteiger charge is -2.02. The fraction of sp³-hybridized carbons (Fsp3) is 0.222. The number of carboxylic acid groups (broad SMARTS) is 1. The SMILES string of the molecule is CS(=O)(Cc1cccc([N+](=O)[O-])c1)=NC(=O)O. The highest BCUT2D eigenvalue weighted by Gasteiger charge is 2.10. The molecule has 0 aromatic heterocycles. The predicted octanol–water partition coefficient (Wildman–Crippen LogP) is 1.87.